The zero-order valence-corrected chi connectivity index (χ0v) is 22.6. The lowest BCUT2D eigenvalue weighted by Gasteiger charge is -2.44. The fraction of sp³-hybridized carbons (Fsp3) is 0.355. The van der Waals surface area contributed by atoms with Crippen molar-refractivity contribution in [3.63, 3.8) is 0 Å². The smallest absolute Gasteiger partial charge is 0.184 e. The average Bonchev–Trinajstić information content (AvgIpc) is 2.92. The lowest BCUT2D eigenvalue weighted by molar-refractivity contribution is 0.0603. The number of aryl methyl sites for hydroxylation is 1. The first-order valence-corrected chi connectivity index (χ1v) is 13.0. The lowest BCUT2D eigenvalue weighted by atomic mass is 9.71. The molecule has 188 valence electrons. The van der Waals surface area contributed by atoms with E-state index in [1.807, 2.05) is 44.4 Å². The topological polar surface area (TPSA) is 32.8 Å². The Kier molecular flexibility index (Phi) is 8.35. The van der Waals surface area contributed by atoms with Crippen LogP contribution in [0.4, 0.5) is 5.69 Å². The van der Waals surface area contributed by atoms with Crippen LogP contribution in [0, 0.1) is 12.8 Å². The van der Waals surface area contributed by atoms with E-state index in [1.165, 1.54) is 5.56 Å². The third-order valence-electron chi connectivity index (χ3n) is 7.46. The van der Waals surface area contributed by atoms with E-state index in [-0.39, 0.29) is 11.7 Å². The molecule has 1 saturated heterocycles. The Morgan fingerprint density at radius 3 is 2.11 bits per heavy atom. The number of hydrogen-bond acceptors (Lipinski definition) is 5. The molecule has 0 bridgehead atoms. The van der Waals surface area contributed by atoms with Gasteiger partial charge in [-0.25, -0.2) is 0 Å². The molecule has 3 aromatic carbocycles. The molecule has 1 fully saturated rings. The monoisotopic (exact) mass is 500 g/mol. The van der Waals surface area contributed by atoms with Gasteiger partial charge in [-0.15, -0.1) is 0 Å². The van der Waals surface area contributed by atoms with Crippen LogP contribution in [0.1, 0.15) is 34.0 Å². The van der Waals surface area contributed by atoms with Crippen molar-refractivity contribution in [2.45, 2.75) is 25.8 Å². The maximum atomic E-state index is 14.5. The highest BCUT2D eigenvalue weighted by atomic mass is 32.1. The summed E-state index contributed by atoms with van der Waals surface area (Å²) in [4.78, 5) is 19.7. The summed E-state index contributed by atoms with van der Waals surface area (Å²) in [6, 6.07) is 26.6. The molecule has 0 aromatic heterocycles. The van der Waals surface area contributed by atoms with Gasteiger partial charge in [0.25, 0.3) is 0 Å². The molecule has 0 saturated carbocycles. The third-order valence-corrected chi connectivity index (χ3v) is 8.05. The first kappa shape index (κ1) is 26.2. The van der Waals surface area contributed by atoms with Crippen LogP contribution in [-0.4, -0.2) is 61.5 Å². The molecule has 0 aliphatic carbocycles. The molecule has 0 spiro atoms. The van der Waals surface area contributed by atoms with Gasteiger partial charge in [0.05, 0.1) is 18.8 Å². The number of rotatable bonds is 9. The van der Waals surface area contributed by atoms with Crippen molar-refractivity contribution in [2.75, 3.05) is 45.3 Å². The number of nitrogens with zero attached hydrogens (tertiary/aromatic N) is 2. The van der Waals surface area contributed by atoms with E-state index in [0.29, 0.717) is 12.0 Å². The minimum absolute atomic E-state index is 0.0897. The number of morpholine rings is 1. The van der Waals surface area contributed by atoms with Crippen molar-refractivity contribution in [2.24, 2.45) is 5.92 Å². The highest BCUT2D eigenvalue weighted by Crippen LogP contribution is 2.35. The van der Waals surface area contributed by atoms with Crippen molar-refractivity contribution in [1.82, 2.24) is 4.90 Å². The lowest BCUT2D eigenvalue weighted by Crippen LogP contribution is -2.59. The zero-order chi connectivity index (χ0) is 25.7. The minimum Gasteiger partial charge on any atom is -0.378 e. The molecule has 5 heteroatoms. The molecule has 0 N–H and O–H groups in total. The first-order valence-electron chi connectivity index (χ1n) is 12.6. The quantitative estimate of drug-likeness (QED) is 0.282. The summed E-state index contributed by atoms with van der Waals surface area (Å²) in [5, 5.41) is 0. The minimum atomic E-state index is -0.843. The van der Waals surface area contributed by atoms with Gasteiger partial charge in [0, 0.05) is 35.1 Å². The maximum absolute atomic E-state index is 14.5. The number of carbonyl (C=O) groups excluding carboxylic acids is 1. The van der Waals surface area contributed by atoms with E-state index in [9.17, 15) is 4.79 Å². The van der Waals surface area contributed by atoms with E-state index in [4.69, 9.17) is 17.0 Å². The third kappa shape index (κ3) is 5.44. The SMILES string of the molecule is Cc1ccc(C(=S)C(C)C(Cc2ccccc2)(C(=O)c2ccc(N3CCOCC3)cc2)N(C)C)cc1. The predicted octanol–water partition coefficient (Wildman–Crippen LogP) is 5.61. The van der Waals surface area contributed by atoms with Crippen molar-refractivity contribution >= 4 is 28.6 Å². The Bertz CT molecular complexity index is 1170. The fourth-order valence-electron chi connectivity index (χ4n) is 5.17. The van der Waals surface area contributed by atoms with Crippen molar-refractivity contribution in [3.05, 3.63) is 101 Å². The number of carbonyl (C=O) groups is 1. The van der Waals surface area contributed by atoms with Gasteiger partial charge in [-0.05, 0) is 62.8 Å². The van der Waals surface area contributed by atoms with Gasteiger partial charge >= 0.3 is 0 Å². The van der Waals surface area contributed by atoms with Crippen LogP contribution < -0.4 is 4.90 Å². The molecule has 1 aliphatic heterocycles. The van der Waals surface area contributed by atoms with E-state index in [1.54, 1.807) is 0 Å². The number of ketones is 1. The number of anilines is 1. The molecule has 0 amide bonds. The second-order valence-corrected chi connectivity index (χ2v) is 10.3. The van der Waals surface area contributed by atoms with E-state index in [0.717, 1.165) is 48.0 Å². The van der Waals surface area contributed by atoms with Crippen molar-refractivity contribution in [1.29, 1.82) is 0 Å². The Labute approximate surface area is 220 Å². The Morgan fingerprint density at radius 1 is 0.944 bits per heavy atom. The molecular weight excluding hydrogens is 464 g/mol. The number of hydrogen-bond donors (Lipinski definition) is 0. The van der Waals surface area contributed by atoms with Crippen LogP contribution in [0.5, 0.6) is 0 Å². The summed E-state index contributed by atoms with van der Waals surface area (Å²) in [5.41, 5.74) is 4.28. The van der Waals surface area contributed by atoms with Crippen molar-refractivity contribution < 1.29 is 9.53 Å². The largest absolute Gasteiger partial charge is 0.378 e. The summed E-state index contributed by atoms with van der Waals surface area (Å²) in [6.07, 6.45) is 0.568. The second kappa shape index (κ2) is 11.5. The number of benzene rings is 3. The molecule has 0 radical (unpaired) electrons. The molecular formula is C31H36N2O2S. The first-order chi connectivity index (χ1) is 17.3. The molecule has 4 rings (SSSR count). The van der Waals surface area contributed by atoms with Crippen LogP contribution in [0.25, 0.3) is 0 Å². The Hall–Kier alpha value is -2.86. The second-order valence-electron chi connectivity index (χ2n) is 9.91. The standard InChI is InChI=1S/C31H36N2O2S/c1-23-10-12-26(13-11-23)29(36)24(2)31(32(3)4,22-25-8-6-5-7-9-25)30(34)27-14-16-28(17-15-27)33-18-20-35-21-19-33/h5-17,24H,18-22H2,1-4H3. The summed E-state index contributed by atoms with van der Waals surface area (Å²) < 4.78 is 5.49. The molecule has 1 heterocycles. The molecule has 36 heavy (non-hydrogen) atoms. The highest BCUT2D eigenvalue weighted by Gasteiger charge is 2.47. The number of ether oxygens (including phenoxy) is 1. The summed E-state index contributed by atoms with van der Waals surface area (Å²) in [5.74, 6) is -0.108. The molecule has 4 nitrogen and oxygen atoms in total. The number of thiocarbonyl (C=S) groups is 1. The van der Waals surface area contributed by atoms with Gasteiger partial charge in [-0.2, -0.15) is 0 Å². The Balaban J connectivity index is 1.73. The number of Topliss-reactive ketones (excluding diaryl/α,β-unsaturated/α-hetero) is 1. The van der Waals surface area contributed by atoms with E-state index >= 15 is 0 Å². The Morgan fingerprint density at radius 2 is 1.53 bits per heavy atom. The van der Waals surface area contributed by atoms with E-state index in [2.05, 4.69) is 72.2 Å². The van der Waals surface area contributed by atoms with Crippen LogP contribution in [-0.2, 0) is 11.2 Å². The highest BCUT2D eigenvalue weighted by molar-refractivity contribution is 7.80. The van der Waals surface area contributed by atoms with E-state index < -0.39 is 5.54 Å². The van der Waals surface area contributed by atoms with Crippen LogP contribution in [0.2, 0.25) is 0 Å². The van der Waals surface area contributed by atoms with Gasteiger partial charge in [-0.1, -0.05) is 79.3 Å². The van der Waals surface area contributed by atoms with Gasteiger partial charge in [-0.3, -0.25) is 9.69 Å². The van der Waals surface area contributed by atoms with Gasteiger partial charge in [0.1, 0.15) is 0 Å². The van der Waals surface area contributed by atoms with Gasteiger partial charge in [0.15, 0.2) is 5.78 Å². The molecule has 3 aromatic rings. The van der Waals surface area contributed by atoms with Crippen molar-refractivity contribution in [3.8, 4) is 0 Å². The number of likely N-dealkylation sites (N-methyl/N-ethyl adjacent to an activating group) is 1. The summed E-state index contributed by atoms with van der Waals surface area (Å²) >= 11 is 6.05. The normalized spacial score (nSPS) is 16.4. The molecule has 2 unspecified atom stereocenters. The molecule has 2 atom stereocenters. The van der Waals surface area contributed by atoms with Crippen LogP contribution in [0.15, 0.2) is 78.9 Å². The molecule has 1 aliphatic rings. The zero-order valence-electron chi connectivity index (χ0n) is 21.7. The summed E-state index contributed by atoms with van der Waals surface area (Å²) in [7, 11) is 3.99. The predicted molar refractivity (Wildman–Crippen MR) is 152 cm³/mol. The maximum Gasteiger partial charge on any atom is 0.184 e. The van der Waals surface area contributed by atoms with Crippen LogP contribution >= 0.6 is 12.2 Å². The average molecular weight is 501 g/mol. The summed E-state index contributed by atoms with van der Waals surface area (Å²) in [6.45, 7) is 7.37. The fourth-order valence-corrected chi connectivity index (χ4v) is 5.50. The van der Waals surface area contributed by atoms with Gasteiger partial charge in [0.2, 0.25) is 0 Å². The van der Waals surface area contributed by atoms with Crippen LogP contribution in [0.3, 0.4) is 0 Å². The van der Waals surface area contributed by atoms with Gasteiger partial charge < -0.3 is 9.64 Å².